The van der Waals surface area contributed by atoms with Gasteiger partial charge < -0.3 is 11.1 Å². The number of amides is 1. The molecule has 0 saturated heterocycles. The first kappa shape index (κ1) is 11.6. The highest BCUT2D eigenvalue weighted by molar-refractivity contribution is 5.92. The zero-order valence-electron chi connectivity index (χ0n) is 8.97. The quantitative estimate of drug-likeness (QED) is 0.761. The smallest absolute Gasteiger partial charge is 0.229 e. The average molecular weight is 208 g/mol. The van der Waals surface area contributed by atoms with Crippen LogP contribution in [0.25, 0.3) is 0 Å². The maximum atomic E-state index is 11.7. The molecular formula is C10H16N4O. The van der Waals surface area contributed by atoms with Gasteiger partial charge in [0.15, 0.2) is 0 Å². The standard InChI is InChI=1S/C10H16N4O/c1-7(2)9(3-11)10(15)14-8-4-12-6-13-5-8/h4-7,9H,3,11H2,1-2H3,(H,14,15). The second-order valence-electron chi connectivity index (χ2n) is 3.70. The number of hydrogen-bond acceptors (Lipinski definition) is 4. The first-order valence-electron chi connectivity index (χ1n) is 4.91. The summed E-state index contributed by atoms with van der Waals surface area (Å²) >= 11 is 0. The molecule has 5 heteroatoms. The zero-order valence-corrected chi connectivity index (χ0v) is 8.97. The largest absolute Gasteiger partial charge is 0.330 e. The molecule has 0 spiro atoms. The van der Waals surface area contributed by atoms with Gasteiger partial charge in [0, 0.05) is 6.54 Å². The van der Waals surface area contributed by atoms with E-state index in [9.17, 15) is 4.79 Å². The topological polar surface area (TPSA) is 80.9 Å². The van der Waals surface area contributed by atoms with Crippen LogP contribution >= 0.6 is 0 Å². The summed E-state index contributed by atoms with van der Waals surface area (Å²) in [6.45, 7) is 4.29. The molecule has 0 aliphatic carbocycles. The number of carbonyl (C=O) groups excluding carboxylic acids is 1. The monoisotopic (exact) mass is 208 g/mol. The van der Waals surface area contributed by atoms with Gasteiger partial charge in [-0.2, -0.15) is 0 Å². The fourth-order valence-electron chi connectivity index (χ4n) is 1.28. The summed E-state index contributed by atoms with van der Waals surface area (Å²) < 4.78 is 0. The Bertz CT molecular complexity index is 312. The maximum Gasteiger partial charge on any atom is 0.229 e. The van der Waals surface area contributed by atoms with Gasteiger partial charge in [-0.15, -0.1) is 0 Å². The van der Waals surface area contributed by atoms with Gasteiger partial charge in [-0.1, -0.05) is 13.8 Å². The van der Waals surface area contributed by atoms with Gasteiger partial charge in [-0.25, -0.2) is 9.97 Å². The Hall–Kier alpha value is -1.49. The summed E-state index contributed by atoms with van der Waals surface area (Å²) in [6.07, 6.45) is 4.52. The summed E-state index contributed by atoms with van der Waals surface area (Å²) in [5.41, 5.74) is 6.13. The molecular weight excluding hydrogens is 192 g/mol. The highest BCUT2D eigenvalue weighted by Gasteiger charge is 2.20. The fourth-order valence-corrected chi connectivity index (χ4v) is 1.28. The maximum absolute atomic E-state index is 11.7. The Morgan fingerprint density at radius 1 is 1.47 bits per heavy atom. The molecule has 1 unspecified atom stereocenters. The number of rotatable bonds is 4. The van der Waals surface area contributed by atoms with Crippen molar-refractivity contribution >= 4 is 11.6 Å². The van der Waals surface area contributed by atoms with Crippen molar-refractivity contribution in [2.24, 2.45) is 17.6 Å². The van der Waals surface area contributed by atoms with E-state index in [1.54, 1.807) is 12.4 Å². The SMILES string of the molecule is CC(C)C(CN)C(=O)Nc1cncnc1. The lowest BCUT2D eigenvalue weighted by molar-refractivity contribution is -0.120. The second kappa shape index (κ2) is 5.41. The molecule has 0 fully saturated rings. The molecule has 0 aliphatic rings. The highest BCUT2D eigenvalue weighted by atomic mass is 16.1. The third-order valence-electron chi connectivity index (χ3n) is 2.22. The molecule has 1 amide bonds. The van der Waals surface area contributed by atoms with E-state index in [1.165, 1.54) is 6.33 Å². The molecule has 5 nitrogen and oxygen atoms in total. The number of nitrogens with one attached hydrogen (secondary N) is 1. The first-order valence-corrected chi connectivity index (χ1v) is 4.91. The van der Waals surface area contributed by atoms with Crippen LogP contribution in [-0.4, -0.2) is 22.4 Å². The van der Waals surface area contributed by atoms with Gasteiger partial charge in [0.25, 0.3) is 0 Å². The fraction of sp³-hybridized carbons (Fsp3) is 0.500. The molecule has 0 aromatic carbocycles. The normalized spacial score (nSPS) is 12.5. The average Bonchev–Trinajstić information content (AvgIpc) is 2.19. The lowest BCUT2D eigenvalue weighted by atomic mass is 9.95. The van der Waals surface area contributed by atoms with E-state index < -0.39 is 0 Å². The molecule has 0 aliphatic heterocycles. The zero-order chi connectivity index (χ0) is 11.3. The van der Waals surface area contributed by atoms with Gasteiger partial charge in [0.2, 0.25) is 5.91 Å². The van der Waals surface area contributed by atoms with Crippen LogP contribution < -0.4 is 11.1 Å². The highest BCUT2D eigenvalue weighted by Crippen LogP contribution is 2.12. The predicted octanol–water partition coefficient (Wildman–Crippen LogP) is 0.646. The number of anilines is 1. The van der Waals surface area contributed by atoms with E-state index in [2.05, 4.69) is 15.3 Å². The molecule has 1 atom stereocenters. The molecule has 0 bridgehead atoms. The van der Waals surface area contributed by atoms with Crippen LogP contribution in [0.2, 0.25) is 0 Å². The third kappa shape index (κ3) is 3.28. The summed E-state index contributed by atoms with van der Waals surface area (Å²) in [5, 5.41) is 2.73. The number of nitrogens with zero attached hydrogens (tertiary/aromatic N) is 2. The third-order valence-corrected chi connectivity index (χ3v) is 2.22. The molecule has 0 saturated carbocycles. The van der Waals surface area contributed by atoms with E-state index in [4.69, 9.17) is 5.73 Å². The van der Waals surface area contributed by atoms with Crippen LogP contribution in [0.4, 0.5) is 5.69 Å². The first-order chi connectivity index (χ1) is 7.15. The van der Waals surface area contributed by atoms with Crippen LogP contribution in [0.1, 0.15) is 13.8 Å². The van der Waals surface area contributed by atoms with Crippen LogP contribution in [0, 0.1) is 11.8 Å². The van der Waals surface area contributed by atoms with Crippen molar-refractivity contribution in [1.82, 2.24) is 9.97 Å². The lowest BCUT2D eigenvalue weighted by Gasteiger charge is -2.17. The van der Waals surface area contributed by atoms with Crippen LogP contribution in [0.5, 0.6) is 0 Å². The molecule has 15 heavy (non-hydrogen) atoms. The van der Waals surface area contributed by atoms with Crippen molar-refractivity contribution in [1.29, 1.82) is 0 Å². The Labute approximate surface area is 89.1 Å². The van der Waals surface area contributed by atoms with E-state index in [-0.39, 0.29) is 17.7 Å². The molecule has 1 aromatic heterocycles. The number of hydrogen-bond donors (Lipinski definition) is 2. The second-order valence-corrected chi connectivity index (χ2v) is 3.70. The van der Waals surface area contributed by atoms with Crippen LogP contribution in [0.15, 0.2) is 18.7 Å². The minimum absolute atomic E-state index is 0.0812. The molecule has 1 heterocycles. The van der Waals surface area contributed by atoms with Crippen molar-refractivity contribution in [2.75, 3.05) is 11.9 Å². The van der Waals surface area contributed by atoms with E-state index >= 15 is 0 Å². The van der Waals surface area contributed by atoms with Gasteiger partial charge in [-0.3, -0.25) is 4.79 Å². The molecule has 1 aromatic rings. The van der Waals surface area contributed by atoms with Crippen molar-refractivity contribution < 1.29 is 4.79 Å². The Morgan fingerprint density at radius 3 is 2.53 bits per heavy atom. The van der Waals surface area contributed by atoms with Gasteiger partial charge >= 0.3 is 0 Å². The van der Waals surface area contributed by atoms with E-state index in [0.717, 1.165) is 0 Å². The van der Waals surface area contributed by atoms with Gasteiger partial charge in [0.1, 0.15) is 6.33 Å². The van der Waals surface area contributed by atoms with Gasteiger partial charge in [-0.05, 0) is 5.92 Å². The number of nitrogens with two attached hydrogens (primary N) is 1. The number of carbonyl (C=O) groups is 1. The van der Waals surface area contributed by atoms with Crippen molar-refractivity contribution in [3.8, 4) is 0 Å². The summed E-state index contributed by atoms with van der Waals surface area (Å²) in [6, 6.07) is 0. The molecule has 1 rings (SSSR count). The number of aromatic nitrogens is 2. The Morgan fingerprint density at radius 2 is 2.07 bits per heavy atom. The van der Waals surface area contributed by atoms with Crippen LogP contribution in [-0.2, 0) is 4.79 Å². The minimum Gasteiger partial charge on any atom is -0.330 e. The summed E-state index contributed by atoms with van der Waals surface area (Å²) in [4.78, 5) is 19.4. The predicted molar refractivity (Wildman–Crippen MR) is 58.0 cm³/mol. The van der Waals surface area contributed by atoms with E-state index in [1.807, 2.05) is 13.8 Å². The summed E-state index contributed by atoms with van der Waals surface area (Å²) in [7, 11) is 0. The van der Waals surface area contributed by atoms with Crippen molar-refractivity contribution in [2.45, 2.75) is 13.8 Å². The molecule has 82 valence electrons. The lowest BCUT2D eigenvalue weighted by Crippen LogP contribution is -2.33. The van der Waals surface area contributed by atoms with Crippen molar-refractivity contribution in [3.05, 3.63) is 18.7 Å². The van der Waals surface area contributed by atoms with Crippen LogP contribution in [0.3, 0.4) is 0 Å². The van der Waals surface area contributed by atoms with E-state index in [0.29, 0.717) is 12.2 Å². The summed E-state index contributed by atoms with van der Waals surface area (Å²) in [5.74, 6) is -0.0351. The Balaban J connectivity index is 2.62. The van der Waals surface area contributed by atoms with Gasteiger partial charge in [0.05, 0.1) is 24.0 Å². The molecule has 3 N–H and O–H groups in total. The molecule has 0 radical (unpaired) electrons. The Kier molecular flexibility index (Phi) is 4.17. The minimum atomic E-state index is -0.176. The van der Waals surface area contributed by atoms with Crippen molar-refractivity contribution in [3.63, 3.8) is 0 Å².